The lowest BCUT2D eigenvalue weighted by Gasteiger charge is -2.30. The van der Waals surface area contributed by atoms with E-state index in [0.29, 0.717) is 0 Å². The zero-order valence-corrected chi connectivity index (χ0v) is 21.5. The molecule has 3 unspecified atom stereocenters. The molecule has 0 saturated carbocycles. The van der Waals surface area contributed by atoms with Crippen molar-refractivity contribution in [2.45, 2.75) is 51.6 Å². The third-order valence-corrected chi connectivity index (χ3v) is 6.07. The van der Waals surface area contributed by atoms with Crippen LogP contribution in [0.3, 0.4) is 0 Å². The predicted octanol–water partition coefficient (Wildman–Crippen LogP) is 1.06. The van der Waals surface area contributed by atoms with Gasteiger partial charge in [-0.3, -0.25) is 18.1 Å². The maximum atomic E-state index is 12.9. The fraction of sp³-hybridized carbons (Fsp3) is 1.00. The van der Waals surface area contributed by atoms with Crippen LogP contribution in [0.15, 0.2) is 0 Å². The molecule has 0 aromatic rings. The van der Waals surface area contributed by atoms with Gasteiger partial charge in [0.05, 0.1) is 26.4 Å². The summed E-state index contributed by atoms with van der Waals surface area (Å²) in [5.74, 6) is -1.72. The van der Waals surface area contributed by atoms with Gasteiger partial charge in [0.25, 0.3) is 0 Å². The van der Waals surface area contributed by atoms with Crippen LogP contribution in [0.4, 0.5) is 4.48 Å². The molecule has 7 N–H and O–H groups in total. The molecule has 0 spiro atoms. The molecule has 0 aliphatic rings. The fourth-order valence-corrected chi connectivity index (χ4v) is 4.40. The largest absolute Gasteiger partial charge is 0.472 e. The molecule has 0 saturated heterocycles. The third kappa shape index (κ3) is 18.2. The molecule has 0 aliphatic carbocycles. The van der Waals surface area contributed by atoms with Crippen LogP contribution in [0.1, 0.15) is 40.5 Å². The molecular formula is C14H33BFN2O12P3. The average molecular weight is 544 g/mol. The summed E-state index contributed by atoms with van der Waals surface area (Å²) < 4.78 is 65.8. The van der Waals surface area contributed by atoms with Crippen LogP contribution in [0.5, 0.6) is 0 Å². The van der Waals surface area contributed by atoms with Crippen LogP contribution in [0.2, 0.25) is 0 Å². The van der Waals surface area contributed by atoms with Crippen molar-refractivity contribution >= 4 is 31.4 Å². The highest BCUT2D eigenvalue weighted by molar-refractivity contribution is 7.47. The van der Waals surface area contributed by atoms with E-state index in [-0.39, 0.29) is 12.8 Å². The monoisotopic (exact) mass is 544 g/mol. The molecule has 0 aromatic heterocycles. The maximum Gasteiger partial charge on any atom is 0.472 e. The quantitative estimate of drug-likeness (QED) is 0.0731. The number of phosphoric acid groups is 3. The van der Waals surface area contributed by atoms with Crippen molar-refractivity contribution in [1.29, 1.82) is 0 Å². The molecule has 2 radical (unpaired) electrons. The summed E-state index contributed by atoms with van der Waals surface area (Å²) in [4.78, 5) is 45.5. The van der Waals surface area contributed by atoms with Gasteiger partial charge in [0.1, 0.15) is 0 Å². The van der Waals surface area contributed by atoms with Gasteiger partial charge in [-0.05, 0) is 40.5 Å². The smallest absolute Gasteiger partial charge is 0.362 e. The molecule has 0 rings (SSSR count). The van der Waals surface area contributed by atoms with Crippen molar-refractivity contribution in [1.82, 2.24) is 10.8 Å². The first-order chi connectivity index (χ1) is 14.7. The van der Waals surface area contributed by atoms with Gasteiger partial charge >= 0.3 is 23.5 Å². The number of halogens is 1. The molecule has 0 bridgehead atoms. The van der Waals surface area contributed by atoms with Gasteiger partial charge in [-0.15, -0.1) is 4.48 Å². The minimum atomic E-state index is -4.85. The Balaban J connectivity index is 5.12. The van der Waals surface area contributed by atoms with E-state index in [1.165, 1.54) is 19.4 Å². The second-order valence-corrected chi connectivity index (χ2v) is 12.7. The van der Waals surface area contributed by atoms with E-state index in [2.05, 4.69) is 14.3 Å². The Kier molecular flexibility index (Phi) is 13.6. The van der Waals surface area contributed by atoms with E-state index in [1.54, 1.807) is 13.8 Å². The first-order valence-corrected chi connectivity index (χ1v) is 14.1. The number of hydrogen-bond acceptors (Lipinski definition) is 9. The van der Waals surface area contributed by atoms with Gasteiger partial charge in [-0.2, -0.15) is 5.54 Å². The molecule has 3 atom stereocenters. The highest BCUT2D eigenvalue weighted by atomic mass is 31.2. The first kappa shape index (κ1) is 33.2. The molecule has 0 aliphatic heterocycles. The van der Waals surface area contributed by atoms with Gasteiger partial charge in [0, 0.05) is 22.9 Å². The molecule has 196 valence electrons. The summed E-state index contributed by atoms with van der Waals surface area (Å²) in [6.07, 6.45) is 0.0250. The molecule has 33 heavy (non-hydrogen) atoms. The summed E-state index contributed by atoms with van der Waals surface area (Å²) in [5.41, 5.74) is -0.418. The number of phosphoric ester groups is 3. The zero-order valence-electron chi connectivity index (χ0n) is 18.8. The Morgan fingerprint density at radius 3 is 1.39 bits per heavy atom. The van der Waals surface area contributed by atoms with Gasteiger partial charge in [0.2, 0.25) is 0 Å². The lowest BCUT2D eigenvalue weighted by molar-refractivity contribution is 0.0630. The van der Waals surface area contributed by atoms with Crippen LogP contribution in [-0.2, 0) is 31.8 Å². The van der Waals surface area contributed by atoms with E-state index < -0.39 is 72.8 Å². The van der Waals surface area contributed by atoms with Crippen molar-refractivity contribution in [2.24, 2.45) is 11.8 Å². The molecule has 19 heteroatoms. The average Bonchev–Trinajstić information content (AvgIpc) is 2.64. The summed E-state index contributed by atoms with van der Waals surface area (Å²) in [7, 11) is -9.00. The van der Waals surface area contributed by atoms with E-state index in [9.17, 15) is 23.1 Å². The Labute approximate surface area is 193 Å². The topological polar surface area (TPSA) is 213 Å². The predicted molar refractivity (Wildman–Crippen MR) is 115 cm³/mol. The Morgan fingerprint density at radius 2 is 1.09 bits per heavy atom. The van der Waals surface area contributed by atoms with Crippen LogP contribution in [0.25, 0.3) is 0 Å². The van der Waals surface area contributed by atoms with Gasteiger partial charge in [0.15, 0.2) is 7.98 Å². The SMILES string of the molecule is [B]NC(C)(C)CC(COP(=O)(O)O)COP(=O)(O)OCC(COP(=O)(O)O)CC(C)(C)NF. The van der Waals surface area contributed by atoms with Crippen molar-refractivity contribution in [3.8, 4) is 0 Å². The van der Waals surface area contributed by atoms with Crippen molar-refractivity contribution < 1.29 is 60.7 Å². The molecule has 0 heterocycles. The summed E-state index contributed by atoms with van der Waals surface area (Å²) in [5, 5.41) is 2.48. The van der Waals surface area contributed by atoms with Crippen LogP contribution in [-0.4, -0.2) is 70.0 Å². The first-order valence-electron chi connectivity index (χ1n) is 9.57. The zero-order chi connectivity index (χ0) is 26.1. The Hall–Kier alpha value is 0.245. The Morgan fingerprint density at radius 1 is 0.758 bits per heavy atom. The Bertz CT molecular complexity index is 678. The number of rotatable bonds is 18. The number of nitrogens with one attached hydrogen (secondary N) is 2. The molecule has 0 amide bonds. The van der Waals surface area contributed by atoms with Crippen LogP contribution >= 0.6 is 23.5 Å². The minimum Gasteiger partial charge on any atom is -0.362 e. The van der Waals surface area contributed by atoms with Crippen molar-refractivity contribution in [3.63, 3.8) is 0 Å². The van der Waals surface area contributed by atoms with Gasteiger partial charge in [-0.1, -0.05) is 0 Å². The maximum absolute atomic E-state index is 12.9. The van der Waals surface area contributed by atoms with Gasteiger partial charge < -0.3 is 29.7 Å². The van der Waals surface area contributed by atoms with E-state index in [1.807, 2.05) is 0 Å². The molecular weight excluding hydrogens is 511 g/mol. The number of hydrogen-bond donors (Lipinski definition) is 7. The van der Waals surface area contributed by atoms with E-state index >= 15 is 0 Å². The standard InChI is InChI=1S/C14H33BFN2O12P3/c1-13(2,17-15)5-11(7-27-31(19,20)21)9-29-33(25,26)30-10-12(6-14(3,4)18-16)8-28-32(22,23)24/h11-12,17-18H,5-10H2,1-4H3,(H,25,26)(H2,19,20,21)(H2,22,23,24). The van der Waals surface area contributed by atoms with Crippen LogP contribution < -0.4 is 10.8 Å². The van der Waals surface area contributed by atoms with Crippen LogP contribution in [0, 0.1) is 11.8 Å². The molecule has 14 nitrogen and oxygen atoms in total. The van der Waals surface area contributed by atoms with E-state index in [0.717, 1.165) is 0 Å². The summed E-state index contributed by atoms with van der Waals surface area (Å²) in [6, 6.07) is 0. The normalized spacial score (nSPS) is 17.5. The fourth-order valence-electron chi connectivity index (χ4n) is 2.71. The van der Waals surface area contributed by atoms with E-state index in [4.69, 9.17) is 36.6 Å². The molecule has 0 aromatic carbocycles. The summed E-state index contributed by atoms with van der Waals surface area (Å²) in [6.45, 7) is 3.97. The highest BCUT2D eigenvalue weighted by Crippen LogP contribution is 2.46. The second-order valence-electron chi connectivity index (χ2n) is 8.78. The second kappa shape index (κ2) is 13.5. The van der Waals surface area contributed by atoms with Gasteiger partial charge in [-0.25, -0.2) is 13.7 Å². The highest BCUT2D eigenvalue weighted by Gasteiger charge is 2.32. The lowest BCUT2D eigenvalue weighted by Crippen LogP contribution is -2.40. The molecule has 0 fully saturated rings. The minimum absolute atomic E-state index is 0.0986. The van der Waals surface area contributed by atoms with Crippen molar-refractivity contribution in [2.75, 3.05) is 26.4 Å². The lowest BCUT2D eigenvalue weighted by atomic mass is 9.90. The van der Waals surface area contributed by atoms with Crippen molar-refractivity contribution in [3.05, 3.63) is 0 Å². The third-order valence-electron chi connectivity index (χ3n) is 4.15. The summed E-state index contributed by atoms with van der Waals surface area (Å²) >= 11 is 0.